The second-order valence-corrected chi connectivity index (χ2v) is 7.73. The van der Waals surface area contributed by atoms with Crippen molar-refractivity contribution in [3.05, 3.63) is 82.5 Å². The summed E-state index contributed by atoms with van der Waals surface area (Å²) in [5.74, 6) is 1.74. The van der Waals surface area contributed by atoms with Crippen molar-refractivity contribution < 1.29 is 14.3 Å². The molecular weight excluding hydrogens is 410 g/mol. The average Bonchev–Trinajstić information content (AvgIpc) is 3.18. The van der Waals surface area contributed by atoms with Crippen LogP contribution in [0, 0.1) is 0 Å². The predicted molar refractivity (Wildman–Crippen MR) is 112 cm³/mol. The number of pyridine rings is 1. The lowest BCUT2D eigenvalue weighted by Crippen LogP contribution is -2.14. The van der Waals surface area contributed by atoms with Crippen molar-refractivity contribution in [3.8, 4) is 17.2 Å². The van der Waals surface area contributed by atoms with Gasteiger partial charge in [-0.25, -0.2) is 4.98 Å². The summed E-state index contributed by atoms with van der Waals surface area (Å²) in [4.78, 5) is 33.2. The fourth-order valence-electron chi connectivity index (χ4n) is 2.51. The molecule has 0 radical (unpaired) electrons. The van der Waals surface area contributed by atoms with E-state index in [9.17, 15) is 9.59 Å². The Morgan fingerprint density at radius 3 is 2.86 bits per heavy atom. The van der Waals surface area contributed by atoms with Crippen LogP contribution in [0.1, 0.15) is 5.69 Å². The van der Waals surface area contributed by atoms with Crippen molar-refractivity contribution >= 4 is 34.0 Å². The first kappa shape index (κ1) is 19.2. The maximum absolute atomic E-state index is 12.1. The SMILES string of the molecule is O=C(CSCc1cc(=O)n2ccsc2n1)Oc1cccc(Oc2cccnc2)c1. The Morgan fingerprint density at radius 2 is 2.00 bits per heavy atom. The second kappa shape index (κ2) is 8.89. The molecular formula is C20H15N3O4S2. The van der Waals surface area contributed by atoms with Crippen LogP contribution in [-0.2, 0) is 10.5 Å². The Hall–Kier alpha value is -3.17. The molecule has 146 valence electrons. The van der Waals surface area contributed by atoms with E-state index >= 15 is 0 Å². The van der Waals surface area contributed by atoms with Gasteiger partial charge in [-0.3, -0.25) is 19.0 Å². The molecule has 9 heteroatoms. The van der Waals surface area contributed by atoms with Crippen LogP contribution in [0.4, 0.5) is 0 Å². The molecule has 0 unspecified atom stereocenters. The summed E-state index contributed by atoms with van der Waals surface area (Å²) in [6.07, 6.45) is 4.95. The second-order valence-electron chi connectivity index (χ2n) is 5.87. The van der Waals surface area contributed by atoms with Crippen LogP contribution in [-0.4, -0.2) is 26.1 Å². The first-order valence-corrected chi connectivity index (χ1v) is 10.6. The van der Waals surface area contributed by atoms with Gasteiger partial charge in [0.25, 0.3) is 5.56 Å². The van der Waals surface area contributed by atoms with Gasteiger partial charge in [-0.15, -0.1) is 23.1 Å². The third kappa shape index (κ3) is 5.01. The van der Waals surface area contributed by atoms with E-state index in [4.69, 9.17) is 9.47 Å². The molecule has 0 amide bonds. The molecule has 0 aliphatic rings. The van der Waals surface area contributed by atoms with E-state index in [1.54, 1.807) is 55.0 Å². The van der Waals surface area contributed by atoms with Gasteiger partial charge in [0.05, 0.1) is 17.6 Å². The molecule has 0 fully saturated rings. The summed E-state index contributed by atoms with van der Waals surface area (Å²) in [6.45, 7) is 0. The largest absolute Gasteiger partial charge is 0.456 e. The van der Waals surface area contributed by atoms with Crippen LogP contribution in [0.2, 0.25) is 0 Å². The lowest BCUT2D eigenvalue weighted by atomic mass is 10.3. The molecule has 0 bridgehead atoms. The molecule has 0 aliphatic heterocycles. The molecule has 0 N–H and O–H groups in total. The van der Waals surface area contributed by atoms with Crippen LogP contribution >= 0.6 is 23.1 Å². The number of hydrogen-bond acceptors (Lipinski definition) is 8. The Labute approximate surface area is 174 Å². The van der Waals surface area contributed by atoms with E-state index < -0.39 is 0 Å². The van der Waals surface area contributed by atoms with Crippen molar-refractivity contribution in [2.45, 2.75) is 5.75 Å². The van der Waals surface area contributed by atoms with Gasteiger partial charge in [0.15, 0.2) is 4.96 Å². The zero-order chi connectivity index (χ0) is 20.1. The zero-order valence-electron chi connectivity index (χ0n) is 15.1. The van der Waals surface area contributed by atoms with E-state index in [1.807, 2.05) is 5.38 Å². The number of thioether (sulfide) groups is 1. The fourth-order valence-corrected chi connectivity index (χ4v) is 3.93. The standard InChI is InChI=1S/C20H15N3O4S2/c24-18-9-14(22-20-23(18)7-8-29-20)12-28-13-19(25)27-16-4-1-3-15(10-16)26-17-5-2-6-21-11-17/h1-11H,12-13H2. The topological polar surface area (TPSA) is 82.8 Å². The smallest absolute Gasteiger partial charge is 0.321 e. The molecule has 0 saturated heterocycles. The monoisotopic (exact) mass is 425 g/mol. The molecule has 0 atom stereocenters. The maximum atomic E-state index is 12.1. The molecule has 7 nitrogen and oxygen atoms in total. The highest BCUT2D eigenvalue weighted by molar-refractivity contribution is 7.99. The predicted octanol–water partition coefficient (Wildman–Crippen LogP) is 3.78. The molecule has 4 aromatic rings. The van der Waals surface area contributed by atoms with Crippen molar-refractivity contribution in [1.82, 2.24) is 14.4 Å². The van der Waals surface area contributed by atoms with Gasteiger partial charge >= 0.3 is 5.97 Å². The number of hydrogen-bond donors (Lipinski definition) is 0. The number of nitrogens with zero attached hydrogens (tertiary/aromatic N) is 3. The molecule has 0 saturated carbocycles. The number of fused-ring (bicyclic) bond motifs is 1. The minimum Gasteiger partial charge on any atom is -0.456 e. The third-order valence-corrected chi connectivity index (χ3v) is 5.43. The lowest BCUT2D eigenvalue weighted by Gasteiger charge is -2.08. The Kier molecular flexibility index (Phi) is 5.87. The van der Waals surface area contributed by atoms with Gasteiger partial charge in [-0.2, -0.15) is 0 Å². The normalized spacial score (nSPS) is 10.8. The van der Waals surface area contributed by atoms with Gasteiger partial charge in [0, 0.05) is 35.7 Å². The zero-order valence-corrected chi connectivity index (χ0v) is 16.7. The van der Waals surface area contributed by atoms with Gasteiger partial charge in [-0.05, 0) is 24.3 Å². The van der Waals surface area contributed by atoms with Crippen LogP contribution in [0.15, 0.2) is 71.2 Å². The molecule has 29 heavy (non-hydrogen) atoms. The van der Waals surface area contributed by atoms with Gasteiger partial charge in [-0.1, -0.05) is 6.07 Å². The van der Waals surface area contributed by atoms with E-state index in [1.165, 1.54) is 33.6 Å². The summed E-state index contributed by atoms with van der Waals surface area (Å²) < 4.78 is 12.5. The third-order valence-electron chi connectivity index (χ3n) is 3.73. The Morgan fingerprint density at radius 1 is 1.14 bits per heavy atom. The minimum absolute atomic E-state index is 0.125. The molecule has 0 aliphatic carbocycles. The molecule has 0 spiro atoms. The van der Waals surface area contributed by atoms with Crippen LogP contribution in [0.3, 0.4) is 0 Å². The Bertz CT molecular complexity index is 1190. The number of aromatic nitrogens is 3. The van der Waals surface area contributed by atoms with Gasteiger partial charge in [0.2, 0.25) is 0 Å². The van der Waals surface area contributed by atoms with Crippen LogP contribution < -0.4 is 15.0 Å². The van der Waals surface area contributed by atoms with Crippen molar-refractivity contribution in [1.29, 1.82) is 0 Å². The highest BCUT2D eigenvalue weighted by Crippen LogP contribution is 2.25. The minimum atomic E-state index is -0.387. The summed E-state index contributed by atoms with van der Waals surface area (Å²) in [7, 11) is 0. The summed E-state index contributed by atoms with van der Waals surface area (Å²) >= 11 is 2.73. The first-order chi connectivity index (χ1) is 14.2. The number of ether oxygens (including phenoxy) is 2. The van der Waals surface area contributed by atoms with E-state index in [-0.39, 0.29) is 17.3 Å². The number of carbonyl (C=O) groups excluding carboxylic acids is 1. The number of thiazole rings is 1. The maximum Gasteiger partial charge on any atom is 0.321 e. The lowest BCUT2D eigenvalue weighted by molar-refractivity contribution is -0.131. The van der Waals surface area contributed by atoms with E-state index in [0.717, 1.165) is 0 Å². The van der Waals surface area contributed by atoms with Crippen molar-refractivity contribution in [2.24, 2.45) is 0 Å². The van der Waals surface area contributed by atoms with Crippen LogP contribution in [0.25, 0.3) is 4.96 Å². The van der Waals surface area contributed by atoms with Gasteiger partial charge in [0.1, 0.15) is 17.2 Å². The Balaban J connectivity index is 1.31. The van der Waals surface area contributed by atoms with Gasteiger partial charge < -0.3 is 9.47 Å². The highest BCUT2D eigenvalue weighted by atomic mass is 32.2. The average molecular weight is 425 g/mol. The number of rotatable bonds is 7. The number of carbonyl (C=O) groups is 1. The fraction of sp³-hybridized carbons (Fsp3) is 0.100. The molecule has 1 aromatic carbocycles. The van der Waals surface area contributed by atoms with E-state index in [2.05, 4.69) is 9.97 Å². The molecule has 3 aromatic heterocycles. The first-order valence-electron chi connectivity index (χ1n) is 8.59. The van der Waals surface area contributed by atoms with E-state index in [0.29, 0.717) is 33.7 Å². The summed E-state index contributed by atoms with van der Waals surface area (Å²) in [6, 6.07) is 11.9. The number of esters is 1. The highest BCUT2D eigenvalue weighted by Gasteiger charge is 2.09. The van der Waals surface area contributed by atoms with Crippen LogP contribution in [0.5, 0.6) is 17.2 Å². The van der Waals surface area contributed by atoms with Crippen molar-refractivity contribution in [2.75, 3.05) is 5.75 Å². The van der Waals surface area contributed by atoms with Crippen molar-refractivity contribution in [3.63, 3.8) is 0 Å². The summed E-state index contributed by atoms with van der Waals surface area (Å²) in [5.41, 5.74) is 0.516. The molecule has 4 rings (SSSR count). The number of benzene rings is 1. The summed E-state index contributed by atoms with van der Waals surface area (Å²) in [5, 5.41) is 1.81. The molecule has 3 heterocycles. The quantitative estimate of drug-likeness (QED) is 0.329.